The van der Waals surface area contributed by atoms with Gasteiger partial charge < -0.3 is 5.32 Å². The molecule has 0 spiro atoms. The molecule has 0 aliphatic heterocycles. The van der Waals surface area contributed by atoms with Crippen molar-refractivity contribution >= 4 is 34.8 Å². The van der Waals surface area contributed by atoms with Crippen LogP contribution < -0.4 is 16.2 Å². The molecule has 0 atom stereocenters. The average Bonchev–Trinajstić information content (AvgIpc) is 2.61. The lowest BCUT2D eigenvalue weighted by Crippen LogP contribution is -2.42. The number of nitro benzene ring substituents is 1. The van der Waals surface area contributed by atoms with E-state index in [1.165, 1.54) is 12.1 Å². The number of hydrazine groups is 1. The van der Waals surface area contributed by atoms with Gasteiger partial charge in [0.25, 0.3) is 11.6 Å². The Kier molecular flexibility index (Phi) is 5.91. The molecule has 130 valence electrons. The fourth-order valence-electron chi connectivity index (χ4n) is 2.07. The summed E-state index contributed by atoms with van der Waals surface area (Å²) in [4.78, 5) is 34.3. The van der Waals surface area contributed by atoms with Gasteiger partial charge in [0.2, 0.25) is 5.91 Å². The van der Waals surface area contributed by atoms with Gasteiger partial charge in [-0.1, -0.05) is 23.7 Å². The van der Waals surface area contributed by atoms with Crippen LogP contribution in [-0.4, -0.2) is 23.8 Å². The first-order chi connectivity index (χ1) is 11.9. The van der Waals surface area contributed by atoms with Crippen molar-refractivity contribution < 1.29 is 14.5 Å². The molecule has 9 heteroatoms. The number of nitrogens with zero attached hydrogens (tertiary/aromatic N) is 1. The summed E-state index contributed by atoms with van der Waals surface area (Å²) in [6, 6.07) is 10.7. The largest absolute Gasteiger partial charge is 0.383 e. The fraction of sp³-hybridized carbons (Fsp3) is 0.125. The SMILES string of the molecule is CNc1ccc(C(=O)NNC(=O)Cc2ccc(Cl)cc2)cc1[N+](=O)[O-]. The fourth-order valence-corrected chi connectivity index (χ4v) is 2.19. The maximum absolute atomic E-state index is 12.0. The number of carbonyl (C=O) groups is 2. The van der Waals surface area contributed by atoms with Crippen LogP contribution in [-0.2, 0) is 11.2 Å². The molecule has 3 N–H and O–H groups in total. The summed E-state index contributed by atoms with van der Waals surface area (Å²) in [6.45, 7) is 0. The molecule has 2 amide bonds. The standard InChI is InChI=1S/C16H15ClN4O4/c1-18-13-7-4-11(9-14(13)21(24)25)16(23)20-19-15(22)8-10-2-5-12(17)6-3-10/h2-7,9,18H,8H2,1H3,(H,19,22)(H,20,23). The highest BCUT2D eigenvalue weighted by molar-refractivity contribution is 6.30. The van der Waals surface area contributed by atoms with Crippen LogP contribution in [0, 0.1) is 10.1 Å². The number of anilines is 1. The third-order valence-corrected chi connectivity index (χ3v) is 3.57. The zero-order chi connectivity index (χ0) is 18.4. The Labute approximate surface area is 148 Å². The summed E-state index contributed by atoms with van der Waals surface area (Å²) in [5.41, 5.74) is 5.32. The zero-order valence-corrected chi connectivity index (χ0v) is 14.0. The van der Waals surface area contributed by atoms with Gasteiger partial charge in [0.05, 0.1) is 11.3 Å². The van der Waals surface area contributed by atoms with Gasteiger partial charge in [-0.3, -0.25) is 30.6 Å². The highest BCUT2D eigenvalue weighted by atomic mass is 35.5. The lowest BCUT2D eigenvalue weighted by molar-refractivity contribution is -0.384. The highest BCUT2D eigenvalue weighted by Gasteiger charge is 2.17. The molecule has 0 unspecified atom stereocenters. The van der Waals surface area contributed by atoms with Crippen molar-refractivity contribution in [3.05, 3.63) is 68.7 Å². The Morgan fingerprint density at radius 1 is 1.12 bits per heavy atom. The van der Waals surface area contributed by atoms with E-state index in [2.05, 4.69) is 16.2 Å². The predicted octanol–water partition coefficient (Wildman–Crippen LogP) is 2.29. The van der Waals surface area contributed by atoms with E-state index in [-0.39, 0.29) is 23.4 Å². The molecule has 0 aromatic heterocycles. The van der Waals surface area contributed by atoms with Crippen LogP contribution in [0.5, 0.6) is 0 Å². The second-order valence-corrected chi connectivity index (χ2v) is 5.48. The first-order valence-corrected chi connectivity index (χ1v) is 7.58. The first-order valence-electron chi connectivity index (χ1n) is 7.20. The predicted molar refractivity (Wildman–Crippen MR) is 93.4 cm³/mol. The Balaban J connectivity index is 1.97. The minimum Gasteiger partial charge on any atom is -0.383 e. The van der Waals surface area contributed by atoms with E-state index in [0.29, 0.717) is 5.02 Å². The van der Waals surface area contributed by atoms with E-state index in [1.54, 1.807) is 31.3 Å². The van der Waals surface area contributed by atoms with Gasteiger partial charge in [0, 0.05) is 23.7 Å². The maximum Gasteiger partial charge on any atom is 0.293 e. The van der Waals surface area contributed by atoms with E-state index in [1.807, 2.05) is 0 Å². The van der Waals surface area contributed by atoms with Crippen LogP contribution in [0.25, 0.3) is 0 Å². The smallest absolute Gasteiger partial charge is 0.293 e. The second kappa shape index (κ2) is 8.11. The molecular weight excluding hydrogens is 348 g/mol. The number of amides is 2. The van der Waals surface area contributed by atoms with Crippen LogP contribution in [0.1, 0.15) is 15.9 Å². The number of nitro groups is 1. The van der Waals surface area contributed by atoms with Crippen LogP contribution in [0.15, 0.2) is 42.5 Å². The topological polar surface area (TPSA) is 113 Å². The zero-order valence-electron chi connectivity index (χ0n) is 13.2. The molecule has 0 radical (unpaired) electrons. The van der Waals surface area contributed by atoms with Gasteiger partial charge >= 0.3 is 0 Å². The van der Waals surface area contributed by atoms with E-state index in [0.717, 1.165) is 11.6 Å². The van der Waals surface area contributed by atoms with Gasteiger partial charge in [-0.15, -0.1) is 0 Å². The molecule has 0 saturated carbocycles. The summed E-state index contributed by atoms with van der Waals surface area (Å²) in [5.74, 6) is -1.09. The first kappa shape index (κ1) is 18.2. The second-order valence-electron chi connectivity index (χ2n) is 5.04. The van der Waals surface area contributed by atoms with E-state index >= 15 is 0 Å². The molecule has 2 aromatic carbocycles. The molecule has 2 rings (SSSR count). The third-order valence-electron chi connectivity index (χ3n) is 3.32. The number of hydrogen-bond acceptors (Lipinski definition) is 5. The van der Waals surface area contributed by atoms with Crippen molar-refractivity contribution in [1.29, 1.82) is 0 Å². The van der Waals surface area contributed by atoms with E-state index < -0.39 is 16.7 Å². The summed E-state index contributed by atoms with van der Waals surface area (Å²) < 4.78 is 0. The maximum atomic E-state index is 12.0. The molecule has 2 aromatic rings. The molecule has 0 heterocycles. The van der Waals surface area contributed by atoms with Gasteiger partial charge in [-0.25, -0.2) is 0 Å². The van der Waals surface area contributed by atoms with Gasteiger partial charge in [-0.05, 0) is 29.8 Å². The summed E-state index contributed by atoms with van der Waals surface area (Å²) >= 11 is 5.77. The molecule has 0 saturated heterocycles. The Bertz CT molecular complexity index is 808. The van der Waals surface area contributed by atoms with Crippen LogP contribution in [0.4, 0.5) is 11.4 Å². The molecule has 0 fully saturated rings. The normalized spacial score (nSPS) is 10.0. The number of benzene rings is 2. The van der Waals surface area contributed by atoms with E-state index in [4.69, 9.17) is 11.6 Å². The Hall–Kier alpha value is -3.13. The van der Waals surface area contributed by atoms with Crippen molar-refractivity contribution in [1.82, 2.24) is 10.9 Å². The number of rotatable bonds is 5. The lowest BCUT2D eigenvalue weighted by atomic mass is 10.1. The minimum atomic E-state index is -0.657. The molecule has 8 nitrogen and oxygen atoms in total. The van der Waals surface area contributed by atoms with Crippen molar-refractivity contribution in [2.75, 3.05) is 12.4 Å². The Morgan fingerprint density at radius 3 is 2.40 bits per heavy atom. The number of carbonyl (C=O) groups excluding carboxylic acids is 2. The summed E-state index contributed by atoms with van der Waals surface area (Å²) in [5, 5.41) is 14.2. The molecule has 25 heavy (non-hydrogen) atoms. The van der Waals surface area contributed by atoms with Crippen LogP contribution in [0.3, 0.4) is 0 Å². The van der Waals surface area contributed by atoms with Gasteiger partial charge in [-0.2, -0.15) is 0 Å². The number of nitrogens with one attached hydrogen (secondary N) is 3. The van der Waals surface area contributed by atoms with Crippen LogP contribution >= 0.6 is 11.6 Å². The van der Waals surface area contributed by atoms with Gasteiger partial charge in [0.15, 0.2) is 0 Å². The lowest BCUT2D eigenvalue weighted by Gasteiger charge is -2.09. The summed E-state index contributed by atoms with van der Waals surface area (Å²) in [7, 11) is 1.54. The minimum absolute atomic E-state index is 0.0519. The van der Waals surface area contributed by atoms with Crippen molar-refractivity contribution in [2.45, 2.75) is 6.42 Å². The number of halogens is 1. The third kappa shape index (κ3) is 4.92. The average molecular weight is 363 g/mol. The van der Waals surface area contributed by atoms with Crippen molar-refractivity contribution in [3.8, 4) is 0 Å². The van der Waals surface area contributed by atoms with Crippen LogP contribution in [0.2, 0.25) is 5.02 Å². The number of hydrogen-bond donors (Lipinski definition) is 3. The highest BCUT2D eigenvalue weighted by Crippen LogP contribution is 2.24. The molecule has 0 aliphatic rings. The summed E-state index contributed by atoms with van der Waals surface area (Å²) in [6.07, 6.45) is 0.0519. The quantitative estimate of drug-likeness (QED) is 0.558. The molecule has 0 aliphatic carbocycles. The van der Waals surface area contributed by atoms with Gasteiger partial charge in [0.1, 0.15) is 5.69 Å². The van der Waals surface area contributed by atoms with E-state index in [9.17, 15) is 19.7 Å². The van der Waals surface area contributed by atoms with Crippen molar-refractivity contribution in [3.63, 3.8) is 0 Å². The van der Waals surface area contributed by atoms with Crippen molar-refractivity contribution in [2.24, 2.45) is 0 Å². The molecular formula is C16H15ClN4O4. The monoisotopic (exact) mass is 362 g/mol. The Morgan fingerprint density at radius 2 is 1.80 bits per heavy atom. The molecule has 0 bridgehead atoms.